The van der Waals surface area contributed by atoms with Gasteiger partial charge in [0, 0.05) is 31.6 Å². The minimum atomic E-state index is 0.0803. The lowest BCUT2D eigenvalue weighted by atomic mass is 9.92. The van der Waals surface area contributed by atoms with E-state index in [1.165, 1.54) is 0 Å². The number of anilines is 1. The molecular weight excluding hydrogens is 224 g/mol. The molecule has 4 nitrogen and oxygen atoms in total. The first-order valence-electron chi connectivity index (χ1n) is 6.84. The van der Waals surface area contributed by atoms with Crippen LogP contribution in [0.25, 0.3) is 0 Å². The topological polar surface area (TPSA) is 41.0 Å². The van der Waals surface area contributed by atoms with Crippen LogP contribution in [0.4, 0.5) is 5.82 Å². The summed E-state index contributed by atoms with van der Waals surface area (Å²) >= 11 is 0. The highest BCUT2D eigenvalue weighted by molar-refractivity contribution is 5.40. The van der Waals surface area contributed by atoms with Crippen LogP contribution in [-0.4, -0.2) is 36.4 Å². The minimum Gasteiger partial charge on any atom is -0.354 e. The van der Waals surface area contributed by atoms with Gasteiger partial charge in [0.1, 0.15) is 0 Å². The van der Waals surface area contributed by atoms with E-state index in [4.69, 9.17) is 0 Å². The number of rotatable bonds is 1. The van der Waals surface area contributed by atoms with Crippen LogP contribution in [0.15, 0.2) is 12.1 Å². The molecule has 1 N–H and O–H groups in total. The molecule has 1 aromatic heterocycles. The van der Waals surface area contributed by atoms with E-state index < -0.39 is 0 Å². The Kier molecular flexibility index (Phi) is 2.77. The fraction of sp³-hybridized carbons (Fsp3) is 0.714. The molecule has 0 aromatic carbocycles. The van der Waals surface area contributed by atoms with Crippen molar-refractivity contribution in [2.75, 3.05) is 31.1 Å². The second-order valence-electron chi connectivity index (χ2n) is 6.61. The van der Waals surface area contributed by atoms with Gasteiger partial charge in [-0.05, 0) is 24.0 Å². The highest BCUT2D eigenvalue weighted by atomic mass is 15.3. The molecule has 0 saturated carbocycles. The molecule has 0 bridgehead atoms. The fourth-order valence-electron chi connectivity index (χ4n) is 2.94. The van der Waals surface area contributed by atoms with Gasteiger partial charge in [-0.2, -0.15) is 5.10 Å². The second kappa shape index (κ2) is 4.19. The fourth-order valence-corrected chi connectivity index (χ4v) is 2.94. The van der Waals surface area contributed by atoms with Gasteiger partial charge in [-0.15, -0.1) is 5.10 Å². The van der Waals surface area contributed by atoms with E-state index in [-0.39, 0.29) is 5.41 Å². The highest BCUT2D eigenvalue weighted by Gasteiger charge is 2.36. The van der Waals surface area contributed by atoms with E-state index in [1.54, 1.807) is 0 Å². The molecule has 2 unspecified atom stereocenters. The predicted molar refractivity (Wildman–Crippen MR) is 72.8 cm³/mol. The molecule has 18 heavy (non-hydrogen) atoms. The normalized spacial score (nSPS) is 27.6. The van der Waals surface area contributed by atoms with Gasteiger partial charge in [-0.25, -0.2) is 0 Å². The summed E-state index contributed by atoms with van der Waals surface area (Å²) in [7, 11) is 0. The molecule has 1 aromatic rings. The maximum atomic E-state index is 4.41. The molecule has 98 valence electrons. The summed E-state index contributed by atoms with van der Waals surface area (Å²) in [6.07, 6.45) is 0. The Morgan fingerprint density at radius 1 is 1.11 bits per heavy atom. The van der Waals surface area contributed by atoms with Crippen molar-refractivity contribution in [3.05, 3.63) is 17.8 Å². The van der Waals surface area contributed by atoms with Crippen molar-refractivity contribution in [3.63, 3.8) is 0 Å². The standard InChI is InChI=1S/C14H22N4/c1-14(2,3)12-4-5-13(17-16-12)18-8-10-6-15-7-11(10)9-18/h4-5,10-11,15H,6-9H2,1-3H3. The summed E-state index contributed by atoms with van der Waals surface area (Å²) in [6, 6.07) is 4.25. The summed E-state index contributed by atoms with van der Waals surface area (Å²) in [4.78, 5) is 2.38. The molecule has 0 spiro atoms. The molecule has 2 saturated heterocycles. The van der Waals surface area contributed by atoms with Crippen molar-refractivity contribution in [1.29, 1.82) is 0 Å². The molecule has 0 amide bonds. The maximum absolute atomic E-state index is 4.41. The number of nitrogens with one attached hydrogen (secondary N) is 1. The van der Waals surface area contributed by atoms with Crippen molar-refractivity contribution in [2.24, 2.45) is 11.8 Å². The second-order valence-corrected chi connectivity index (χ2v) is 6.61. The van der Waals surface area contributed by atoms with Gasteiger partial charge < -0.3 is 10.2 Å². The van der Waals surface area contributed by atoms with E-state index in [0.29, 0.717) is 0 Å². The number of hydrogen-bond donors (Lipinski definition) is 1. The van der Waals surface area contributed by atoms with E-state index in [1.807, 2.05) is 0 Å². The number of fused-ring (bicyclic) bond motifs is 1. The smallest absolute Gasteiger partial charge is 0.151 e. The maximum Gasteiger partial charge on any atom is 0.151 e. The molecule has 2 atom stereocenters. The van der Waals surface area contributed by atoms with E-state index >= 15 is 0 Å². The molecule has 2 aliphatic rings. The average Bonchev–Trinajstić information content (AvgIpc) is 2.88. The Bertz CT molecular complexity index is 408. The quantitative estimate of drug-likeness (QED) is 0.814. The third kappa shape index (κ3) is 2.09. The zero-order chi connectivity index (χ0) is 12.8. The number of aromatic nitrogens is 2. The van der Waals surface area contributed by atoms with Crippen LogP contribution in [0.2, 0.25) is 0 Å². The average molecular weight is 246 g/mol. The van der Waals surface area contributed by atoms with Crippen molar-refractivity contribution in [2.45, 2.75) is 26.2 Å². The summed E-state index contributed by atoms with van der Waals surface area (Å²) in [6.45, 7) is 11.1. The third-order valence-electron chi connectivity index (χ3n) is 4.13. The van der Waals surface area contributed by atoms with Crippen LogP contribution in [-0.2, 0) is 5.41 Å². The number of hydrogen-bond acceptors (Lipinski definition) is 4. The Labute approximate surface area is 109 Å². The zero-order valence-corrected chi connectivity index (χ0v) is 11.5. The van der Waals surface area contributed by atoms with Crippen molar-refractivity contribution in [1.82, 2.24) is 15.5 Å². The first kappa shape index (κ1) is 11.9. The lowest BCUT2D eigenvalue weighted by Gasteiger charge is -2.20. The van der Waals surface area contributed by atoms with Crippen molar-refractivity contribution in [3.8, 4) is 0 Å². The molecule has 3 rings (SSSR count). The number of nitrogens with zero attached hydrogens (tertiary/aromatic N) is 3. The summed E-state index contributed by atoms with van der Waals surface area (Å²) in [5.41, 5.74) is 1.14. The molecule has 3 heterocycles. The lowest BCUT2D eigenvalue weighted by Crippen LogP contribution is -2.26. The van der Waals surface area contributed by atoms with Crippen LogP contribution in [0, 0.1) is 11.8 Å². The van der Waals surface area contributed by atoms with E-state index in [9.17, 15) is 0 Å². The summed E-state index contributed by atoms with van der Waals surface area (Å²) in [5.74, 6) is 2.64. The Balaban J connectivity index is 1.74. The third-order valence-corrected chi connectivity index (χ3v) is 4.13. The summed E-state index contributed by atoms with van der Waals surface area (Å²) < 4.78 is 0. The van der Waals surface area contributed by atoms with Crippen molar-refractivity contribution < 1.29 is 0 Å². The molecule has 2 aliphatic heterocycles. The first-order chi connectivity index (χ1) is 8.54. The van der Waals surface area contributed by atoms with Gasteiger partial charge in [0.2, 0.25) is 0 Å². The van der Waals surface area contributed by atoms with Gasteiger partial charge in [-0.1, -0.05) is 20.8 Å². The molecule has 4 heteroatoms. The molecule has 0 radical (unpaired) electrons. The van der Waals surface area contributed by atoms with Crippen LogP contribution in [0.5, 0.6) is 0 Å². The van der Waals surface area contributed by atoms with E-state index in [2.05, 4.69) is 53.3 Å². The Hall–Kier alpha value is -1.16. The van der Waals surface area contributed by atoms with Gasteiger partial charge in [0.05, 0.1) is 5.69 Å². The van der Waals surface area contributed by atoms with Crippen LogP contribution in [0.3, 0.4) is 0 Å². The minimum absolute atomic E-state index is 0.0803. The van der Waals surface area contributed by atoms with Crippen molar-refractivity contribution >= 4 is 5.82 Å². The molecule has 0 aliphatic carbocycles. The lowest BCUT2D eigenvalue weighted by molar-refractivity contribution is 0.533. The predicted octanol–water partition coefficient (Wildman–Crippen LogP) is 1.43. The zero-order valence-electron chi connectivity index (χ0n) is 11.5. The van der Waals surface area contributed by atoms with Gasteiger partial charge in [-0.3, -0.25) is 0 Å². The van der Waals surface area contributed by atoms with Crippen LogP contribution < -0.4 is 10.2 Å². The highest BCUT2D eigenvalue weighted by Crippen LogP contribution is 2.29. The molecule has 2 fully saturated rings. The monoisotopic (exact) mass is 246 g/mol. The SMILES string of the molecule is CC(C)(C)c1ccc(N2CC3CNCC3C2)nn1. The van der Waals surface area contributed by atoms with Crippen LogP contribution >= 0.6 is 0 Å². The van der Waals surface area contributed by atoms with Gasteiger partial charge in [0.15, 0.2) is 5.82 Å². The van der Waals surface area contributed by atoms with Gasteiger partial charge in [0.25, 0.3) is 0 Å². The first-order valence-corrected chi connectivity index (χ1v) is 6.84. The van der Waals surface area contributed by atoms with E-state index in [0.717, 1.165) is 49.5 Å². The summed E-state index contributed by atoms with van der Waals surface area (Å²) in [5, 5.41) is 12.3. The molecular formula is C14H22N4. The largest absolute Gasteiger partial charge is 0.354 e. The van der Waals surface area contributed by atoms with Crippen LogP contribution in [0.1, 0.15) is 26.5 Å². The Morgan fingerprint density at radius 2 is 1.78 bits per heavy atom. The van der Waals surface area contributed by atoms with Gasteiger partial charge >= 0.3 is 0 Å². The Morgan fingerprint density at radius 3 is 2.28 bits per heavy atom.